The molecule has 94 valence electrons. The molecule has 4 heteroatoms. The lowest BCUT2D eigenvalue weighted by atomic mass is 9.75. The second-order valence-corrected chi connectivity index (χ2v) is 5.29. The van der Waals surface area contributed by atoms with E-state index in [1.165, 1.54) is 32.1 Å². The summed E-state index contributed by atoms with van der Waals surface area (Å²) in [5.74, 6) is 0. The molecular formula is C13H20N2O2. The summed E-state index contributed by atoms with van der Waals surface area (Å²) in [4.78, 5) is 0. The molecule has 1 aliphatic carbocycles. The predicted molar refractivity (Wildman–Crippen MR) is 63.5 cm³/mol. The molecule has 1 aromatic rings. The molecule has 2 aliphatic rings. The molecule has 2 fully saturated rings. The Morgan fingerprint density at radius 1 is 1.35 bits per heavy atom. The van der Waals surface area contributed by atoms with Gasteiger partial charge in [-0.1, -0.05) is 11.6 Å². The van der Waals surface area contributed by atoms with Crippen molar-refractivity contribution in [1.82, 2.24) is 10.5 Å². The van der Waals surface area contributed by atoms with Crippen molar-refractivity contribution in [2.45, 2.75) is 44.7 Å². The Kier molecular flexibility index (Phi) is 3.16. The van der Waals surface area contributed by atoms with Gasteiger partial charge in [0.2, 0.25) is 0 Å². The third-order valence-electron chi connectivity index (χ3n) is 4.42. The summed E-state index contributed by atoms with van der Waals surface area (Å²) in [6, 6.07) is 2.56. The van der Waals surface area contributed by atoms with E-state index in [2.05, 4.69) is 10.5 Å². The molecule has 17 heavy (non-hydrogen) atoms. The first-order valence-corrected chi connectivity index (χ1v) is 6.59. The summed E-state index contributed by atoms with van der Waals surface area (Å²) in [7, 11) is 0. The average molecular weight is 236 g/mol. The quantitative estimate of drug-likeness (QED) is 0.873. The van der Waals surface area contributed by atoms with E-state index in [0.717, 1.165) is 25.5 Å². The zero-order valence-corrected chi connectivity index (χ0v) is 10.2. The molecule has 1 aliphatic heterocycles. The van der Waals surface area contributed by atoms with Crippen LogP contribution in [0.4, 0.5) is 0 Å². The second kappa shape index (κ2) is 4.78. The van der Waals surface area contributed by atoms with Gasteiger partial charge in [-0.05, 0) is 31.1 Å². The summed E-state index contributed by atoms with van der Waals surface area (Å²) in [5.41, 5.74) is 1.49. The number of nitrogens with zero attached hydrogens (tertiary/aromatic N) is 1. The van der Waals surface area contributed by atoms with Crippen molar-refractivity contribution in [3.63, 3.8) is 0 Å². The van der Waals surface area contributed by atoms with Crippen molar-refractivity contribution in [3.8, 4) is 0 Å². The van der Waals surface area contributed by atoms with Gasteiger partial charge in [0.05, 0.1) is 5.69 Å². The summed E-state index contributed by atoms with van der Waals surface area (Å²) < 4.78 is 10.4. The van der Waals surface area contributed by atoms with Crippen LogP contribution in [0.3, 0.4) is 0 Å². The van der Waals surface area contributed by atoms with E-state index in [9.17, 15) is 0 Å². The normalized spacial score (nSPS) is 27.6. The SMILES string of the molecule is c1cc(CNC2CCCC23CCOCC3)no1. The number of rotatable bonds is 3. The fourth-order valence-electron chi connectivity index (χ4n) is 3.39. The summed E-state index contributed by atoms with van der Waals surface area (Å²) >= 11 is 0. The fraction of sp³-hybridized carbons (Fsp3) is 0.769. The fourth-order valence-corrected chi connectivity index (χ4v) is 3.39. The zero-order valence-electron chi connectivity index (χ0n) is 10.2. The first-order chi connectivity index (χ1) is 8.39. The smallest absolute Gasteiger partial charge is 0.124 e. The molecule has 0 radical (unpaired) electrons. The lowest BCUT2D eigenvalue weighted by molar-refractivity contribution is 0.00407. The zero-order chi connectivity index (χ0) is 11.6. The minimum Gasteiger partial charge on any atom is -0.381 e. The van der Waals surface area contributed by atoms with E-state index < -0.39 is 0 Å². The van der Waals surface area contributed by atoms with Gasteiger partial charge in [-0.2, -0.15) is 0 Å². The van der Waals surface area contributed by atoms with Gasteiger partial charge in [-0.15, -0.1) is 0 Å². The van der Waals surface area contributed by atoms with Crippen molar-refractivity contribution in [2.75, 3.05) is 13.2 Å². The molecule has 1 aromatic heterocycles. The summed E-state index contributed by atoms with van der Waals surface area (Å²) in [6.45, 7) is 2.69. The molecule has 0 bridgehead atoms. The average Bonchev–Trinajstić information content (AvgIpc) is 2.98. The predicted octanol–water partition coefficient (Wildman–Crippen LogP) is 2.11. The van der Waals surface area contributed by atoms with Crippen molar-refractivity contribution in [1.29, 1.82) is 0 Å². The van der Waals surface area contributed by atoms with Crippen LogP contribution in [0.1, 0.15) is 37.8 Å². The van der Waals surface area contributed by atoms with E-state index in [1.807, 2.05) is 6.07 Å². The maximum atomic E-state index is 5.50. The standard InChI is InChI=1S/C13H20N2O2/c1-2-12(14-10-11-3-7-17-15-11)13(4-1)5-8-16-9-6-13/h3,7,12,14H,1-2,4-6,8-10H2. The Balaban J connectivity index is 1.61. The van der Waals surface area contributed by atoms with Crippen LogP contribution < -0.4 is 5.32 Å². The van der Waals surface area contributed by atoms with Crippen LogP contribution in [0.25, 0.3) is 0 Å². The maximum Gasteiger partial charge on any atom is 0.124 e. The summed E-state index contributed by atoms with van der Waals surface area (Å²) in [6.07, 6.45) is 8.05. The lowest BCUT2D eigenvalue weighted by Gasteiger charge is -2.39. The molecule has 0 amide bonds. The van der Waals surface area contributed by atoms with Gasteiger partial charge in [0.15, 0.2) is 0 Å². The van der Waals surface area contributed by atoms with Crippen LogP contribution >= 0.6 is 0 Å². The van der Waals surface area contributed by atoms with Crippen LogP contribution in [0.15, 0.2) is 16.9 Å². The molecule has 1 N–H and O–H groups in total. The Morgan fingerprint density at radius 3 is 3.00 bits per heavy atom. The van der Waals surface area contributed by atoms with Gasteiger partial charge in [-0.25, -0.2) is 0 Å². The first-order valence-electron chi connectivity index (χ1n) is 6.59. The maximum absolute atomic E-state index is 5.50. The van der Waals surface area contributed by atoms with Gasteiger partial charge in [0.1, 0.15) is 6.26 Å². The molecule has 2 heterocycles. The van der Waals surface area contributed by atoms with E-state index in [1.54, 1.807) is 6.26 Å². The molecule has 1 unspecified atom stereocenters. The van der Waals surface area contributed by atoms with Crippen LogP contribution in [0.2, 0.25) is 0 Å². The summed E-state index contributed by atoms with van der Waals surface area (Å²) in [5, 5.41) is 7.62. The van der Waals surface area contributed by atoms with E-state index in [0.29, 0.717) is 11.5 Å². The molecule has 1 atom stereocenters. The highest BCUT2D eigenvalue weighted by Crippen LogP contribution is 2.45. The van der Waals surface area contributed by atoms with Gasteiger partial charge in [0.25, 0.3) is 0 Å². The molecule has 3 rings (SSSR count). The number of hydrogen-bond acceptors (Lipinski definition) is 4. The highest BCUT2D eigenvalue weighted by atomic mass is 16.5. The molecule has 4 nitrogen and oxygen atoms in total. The number of nitrogens with one attached hydrogen (secondary N) is 1. The third-order valence-corrected chi connectivity index (χ3v) is 4.42. The highest BCUT2D eigenvalue weighted by molar-refractivity contribution is 5.00. The Hall–Kier alpha value is -0.870. The minimum atomic E-state index is 0.488. The topological polar surface area (TPSA) is 47.3 Å². The number of ether oxygens (including phenoxy) is 1. The highest BCUT2D eigenvalue weighted by Gasteiger charge is 2.43. The van der Waals surface area contributed by atoms with E-state index in [-0.39, 0.29) is 0 Å². The van der Waals surface area contributed by atoms with Gasteiger partial charge in [0, 0.05) is 31.9 Å². The number of hydrogen-bond donors (Lipinski definition) is 1. The van der Waals surface area contributed by atoms with Gasteiger partial charge in [-0.3, -0.25) is 0 Å². The molecule has 1 spiro atoms. The van der Waals surface area contributed by atoms with Crippen LogP contribution in [-0.2, 0) is 11.3 Å². The molecule has 0 aromatic carbocycles. The van der Waals surface area contributed by atoms with Gasteiger partial charge < -0.3 is 14.6 Å². The Morgan fingerprint density at radius 2 is 2.24 bits per heavy atom. The molecule has 1 saturated heterocycles. The first kappa shape index (κ1) is 11.2. The third kappa shape index (κ3) is 2.24. The van der Waals surface area contributed by atoms with Gasteiger partial charge >= 0.3 is 0 Å². The van der Waals surface area contributed by atoms with E-state index >= 15 is 0 Å². The Bertz CT molecular complexity index is 344. The van der Waals surface area contributed by atoms with Crippen LogP contribution in [0.5, 0.6) is 0 Å². The molecule has 1 saturated carbocycles. The molecular weight excluding hydrogens is 216 g/mol. The number of aromatic nitrogens is 1. The van der Waals surface area contributed by atoms with Crippen molar-refractivity contribution >= 4 is 0 Å². The second-order valence-electron chi connectivity index (χ2n) is 5.29. The van der Waals surface area contributed by atoms with E-state index in [4.69, 9.17) is 9.26 Å². The van der Waals surface area contributed by atoms with Crippen LogP contribution in [0, 0.1) is 5.41 Å². The van der Waals surface area contributed by atoms with Crippen molar-refractivity contribution < 1.29 is 9.26 Å². The largest absolute Gasteiger partial charge is 0.381 e. The monoisotopic (exact) mass is 236 g/mol. The van der Waals surface area contributed by atoms with Crippen molar-refractivity contribution in [2.24, 2.45) is 5.41 Å². The van der Waals surface area contributed by atoms with Crippen LogP contribution in [-0.4, -0.2) is 24.4 Å². The Labute approximate surface area is 102 Å². The van der Waals surface area contributed by atoms with Crippen molar-refractivity contribution in [3.05, 3.63) is 18.0 Å². The lowest BCUT2D eigenvalue weighted by Crippen LogP contribution is -2.44. The minimum absolute atomic E-state index is 0.488.